The van der Waals surface area contributed by atoms with Gasteiger partial charge >= 0.3 is 5.97 Å². The monoisotopic (exact) mass is 392 g/mol. The predicted molar refractivity (Wildman–Crippen MR) is 102 cm³/mol. The molecule has 0 aliphatic heterocycles. The molecular weight excluding hydrogens is 379 g/mol. The van der Waals surface area contributed by atoms with Crippen LogP contribution in [-0.2, 0) is 6.54 Å². The Balaban J connectivity index is 2.03. The van der Waals surface area contributed by atoms with Crippen molar-refractivity contribution in [3.8, 4) is 11.3 Å². The van der Waals surface area contributed by atoms with Gasteiger partial charge in [-0.2, -0.15) is 5.10 Å². The Bertz CT molecular complexity index is 923. The summed E-state index contributed by atoms with van der Waals surface area (Å²) in [4.78, 5) is 12.5. The van der Waals surface area contributed by atoms with E-state index in [4.69, 9.17) is 23.2 Å². The van der Waals surface area contributed by atoms with Crippen LogP contribution in [0.3, 0.4) is 0 Å². The van der Waals surface area contributed by atoms with Gasteiger partial charge in [0, 0.05) is 14.9 Å². The molecule has 128 valence electrons. The number of carboxylic acid groups (broad SMARTS) is 1. The zero-order valence-corrected chi connectivity index (χ0v) is 15.6. The van der Waals surface area contributed by atoms with Crippen molar-refractivity contribution < 1.29 is 9.90 Å². The van der Waals surface area contributed by atoms with Crippen LogP contribution in [0.25, 0.3) is 11.3 Å². The van der Waals surface area contributed by atoms with Crippen LogP contribution in [0.4, 0.5) is 0 Å². The smallest absolute Gasteiger partial charge is 0.356 e. The van der Waals surface area contributed by atoms with Crippen molar-refractivity contribution in [2.24, 2.45) is 0 Å². The van der Waals surface area contributed by atoms with Crippen molar-refractivity contribution in [1.82, 2.24) is 9.78 Å². The lowest BCUT2D eigenvalue weighted by Crippen LogP contribution is -2.06. The first-order valence-corrected chi connectivity index (χ1v) is 9.35. The molecule has 3 aromatic rings. The van der Waals surface area contributed by atoms with Crippen molar-refractivity contribution in [2.75, 3.05) is 6.26 Å². The van der Waals surface area contributed by atoms with Crippen LogP contribution >= 0.6 is 35.0 Å². The zero-order valence-electron chi connectivity index (χ0n) is 13.2. The first kappa shape index (κ1) is 17.9. The van der Waals surface area contributed by atoms with Gasteiger partial charge in [-0.25, -0.2) is 4.79 Å². The number of aromatic nitrogens is 2. The van der Waals surface area contributed by atoms with E-state index in [2.05, 4.69) is 5.10 Å². The third-order valence-electron chi connectivity index (χ3n) is 3.72. The highest BCUT2D eigenvalue weighted by atomic mass is 35.5. The maximum atomic E-state index is 11.3. The second kappa shape index (κ2) is 7.52. The molecule has 1 aromatic heterocycles. The lowest BCUT2D eigenvalue weighted by Gasteiger charge is -2.10. The van der Waals surface area contributed by atoms with Crippen LogP contribution in [0.1, 0.15) is 16.1 Å². The highest BCUT2D eigenvalue weighted by Gasteiger charge is 2.16. The molecule has 1 N–H and O–H groups in total. The highest BCUT2D eigenvalue weighted by molar-refractivity contribution is 7.98. The van der Waals surface area contributed by atoms with Crippen LogP contribution in [0.15, 0.2) is 53.4 Å². The SMILES string of the molecule is CSc1ccc(-c2cc(C(=O)O)nn2Cc2ccc(Cl)cc2Cl)cc1. The number of carbonyl (C=O) groups is 1. The zero-order chi connectivity index (χ0) is 18.0. The Morgan fingerprint density at radius 2 is 1.88 bits per heavy atom. The topological polar surface area (TPSA) is 55.1 Å². The molecule has 0 saturated carbocycles. The minimum absolute atomic E-state index is 0.00553. The summed E-state index contributed by atoms with van der Waals surface area (Å²) in [5.41, 5.74) is 2.42. The average molecular weight is 393 g/mol. The van der Waals surface area contributed by atoms with Gasteiger partial charge < -0.3 is 5.11 Å². The molecule has 0 saturated heterocycles. The summed E-state index contributed by atoms with van der Waals surface area (Å²) >= 11 is 13.8. The molecule has 0 spiro atoms. The second-order valence-corrected chi connectivity index (χ2v) is 7.07. The highest BCUT2D eigenvalue weighted by Crippen LogP contribution is 2.27. The third kappa shape index (κ3) is 4.00. The number of benzene rings is 2. The molecule has 0 bridgehead atoms. The Hall–Kier alpha value is -1.95. The molecule has 0 fully saturated rings. The van der Waals surface area contributed by atoms with E-state index in [0.717, 1.165) is 21.7 Å². The van der Waals surface area contributed by atoms with E-state index in [1.807, 2.05) is 36.6 Å². The summed E-state index contributed by atoms with van der Waals surface area (Å²) in [7, 11) is 0. The van der Waals surface area contributed by atoms with E-state index in [0.29, 0.717) is 16.6 Å². The number of halogens is 2. The molecule has 0 amide bonds. The van der Waals surface area contributed by atoms with Crippen molar-refractivity contribution in [2.45, 2.75) is 11.4 Å². The summed E-state index contributed by atoms with van der Waals surface area (Å²) in [6.45, 7) is 0.350. The number of aromatic carboxylic acids is 1. The summed E-state index contributed by atoms with van der Waals surface area (Å²) in [5.74, 6) is -1.07. The molecule has 25 heavy (non-hydrogen) atoms. The molecule has 0 radical (unpaired) electrons. The summed E-state index contributed by atoms with van der Waals surface area (Å²) in [5, 5.41) is 14.6. The molecule has 7 heteroatoms. The molecule has 3 rings (SSSR count). The summed E-state index contributed by atoms with van der Waals surface area (Å²) < 4.78 is 1.65. The van der Waals surface area contributed by atoms with Gasteiger partial charge in [-0.3, -0.25) is 4.68 Å². The van der Waals surface area contributed by atoms with Gasteiger partial charge in [0.25, 0.3) is 0 Å². The first-order valence-electron chi connectivity index (χ1n) is 7.37. The van der Waals surface area contributed by atoms with Gasteiger partial charge in [-0.15, -0.1) is 11.8 Å². The van der Waals surface area contributed by atoms with E-state index < -0.39 is 5.97 Å². The fourth-order valence-corrected chi connectivity index (χ4v) is 3.32. The van der Waals surface area contributed by atoms with Gasteiger partial charge in [0.15, 0.2) is 5.69 Å². The Morgan fingerprint density at radius 1 is 1.16 bits per heavy atom. The van der Waals surface area contributed by atoms with Crippen LogP contribution in [0.2, 0.25) is 10.0 Å². The quantitative estimate of drug-likeness (QED) is 0.596. The Labute approximate surface area is 159 Å². The number of thioether (sulfide) groups is 1. The van der Waals surface area contributed by atoms with E-state index in [9.17, 15) is 9.90 Å². The number of nitrogens with zero attached hydrogens (tertiary/aromatic N) is 2. The largest absolute Gasteiger partial charge is 0.476 e. The number of carboxylic acids is 1. The maximum absolute atomic E-state index is 11.3. The van der Waals surface area contributed by atoms with E-state index in [-0.39, 0.29) is 5.69 Å². The minimum Gasteiger partial charge on any atom is -0.476 e. The predicted octanol–water partition coefficient (Wildman–Crippen LogP) is 5.33. The number of rotatable bonds is 5. The molecule has 0 atom stereocenters. The summed E-state index contributed by atoms with van der Waals surface area (Å²) in [6.07, 6.45) is 2.00. The number of hydrogen-bond donors (Lipinski definition) is 1. The fourth-order valence-electron chi connectivity index (χ4n) is 2.45. The molecule has 0 aliphatic rings. The van der Waals surface area contributed by atoms with Crippen molar-refractivity contribution >= 4 is 40.9 Å². The Kier molecular flexibility index (Phi) is 5.37. The van der Waals surface area contributed by atoms with Gasteiger partial charge in [0.05, 0.1) is 12.2 Å². The van der Waals surface area contributed by atoms with E-state index in [1.54, 1.807) is 34.6 Å². The molecule has 4 nitrogen and oxygen atoms in total. The lowest BCUT2D eigenvalue weighted by molar-refractivity contribution is 0.0689. The summed E-state index contributed by atoms with van der Waals surface area (Å²) in [6, 6.07) is 14.7. The lowest BCUT2D eigenvalue weighted by atomic mass is 10.1. The van der Waals surface area contributed by atoms with Crippen molar-refractivity contribution in [3.63, 3.8) is 0 Å². The van der Waals surface area contributed by atoms with E-state index in [1.165, 1.54) is 0 Å². The first-order chi connectivity index (χ1) is 12.0. The molecule has 0 aliphatic carbocycles. The van der Waals surface area contributed by atoms with Crippen LogP contribution in [0.5, 0.6) is 0 Å². The fraction of sp³-hybridized carbons (Fsp3) is 0.111. The van der Waals surface area contributed by atoms with Crippen LogP contribution < -0.4 is 0 Å². The van der Waals surface area contributed by atoms with Gasteiger partial charge in [0.1, 0.15) is 0 Å². The molecule has 1 heterocycles. The van der Waals surface area contributed by atoms with Crippen LogP contribution in [-0.4, -0.2) is 27.1 Å². The Morgan fingerprint density at radius 3 is 2.48 bits per heavy atom. The van der Waals surface area contributed by atoms with Gasteiger partial charge in [-0.1, -0.05) is 41.4 Å². The van der Waals surface area contributed by atoms with Crippen molar-refractivity contribution in [3.05, 3.63) is 69.8 Å². The molecule has 0 unspecified atom stereocenters. The van der Waals surface area contributed by atoms with Gasteiger partial charge in [-0.05, 0) is 47.7 Å². The van der Waals surface area contributed by atoms with Gasteiger partial charge in [0.2, 0.25) is 0 Å². The minimum atomic E-state index is -1.07. The normalized spacial score (nSPS) is 10.8. The molecule has 2 aromatic carbocycles. The van der Waals surface area contributed by atoms with Crippen molar-refractivity contribution in [1.29, 1.82) is 0 Å². The van der Waals surface area contributed by atoms with E-state index >= 15 is 0 Å². The average Bonchev–Trinajstić information content (AvgIpc) is 3.02. The standard InChI is InChI=1S/C18H14Cl2N2O2S/c1-25-14-6-3-11(4-7-14)17-9-16(18(23)24)21-22(17)10-12-2-5-13(19)8-15(12)20/h2-9H,10H2,1H3,(H,23,24). The van der Waals surface area contributed by atoms with Crippen LogP contribution in [0, 0.1) is 0 Å². The molecular formula is C18H14Cl2N2O2S. The maximum Gasteiger partial charge on any atom is 0.356 e. The second-order valence-electron chi connectivity index (χ2n) is 5.34. The number of hydrogen-bond acceptors (Lipinski definition) is 3. The third-order valence-corrected chi connectivity index (χ3v) is 5.05.